The van der Waals surface area contributed by atoms with Crippen molar-refractivity contribution in [2.24, 2.45) is 11.8 Å². The molecule has 2 aliphatic rings. The Hall–Kier alpha value is -3.16. The van der Waals surface area contributed by atoms with Gasteiger partial charge in [0.2, 0.25) is 0 Å². The van der Waals surface area contributed by atoms with Gasteiger partial charge < -0.3 is 20.5 Å². The first-order valence-electron chi connectivity index (χ1n) is 14.6. The predicted molar refractivity (Wildman–Crippen MR) is 160 cm³/mol. The molecule has 246 valence electrons. The van der Waals surface area contributed by atoms with Crippen LogP contribution >= 0.6 is 11.6 Å². The van der Waals surface area contributed by atoms with E-state index in [9.17, 15) is 41.1 Å². The zero-order valence-corrected chi connectivity index (χ0v) is 26.8. The molecular formula is C31H36ClF3N2O7S. The largest absolute Gasteiger partial charge is 0.444 e. The summed E-state index contributed by atoms with van der Waals surface area (Å²) in [5.41, 5.74) is -2.53. The lowest BCUT2D eigenvalue weighted by Crippen LogP contribution is -2.49. The lowest BCUT2D eigenvalue weighted by atomic mass is 9.71. The minimum absolute atomic E-state index is 0.0251. The Morgan fingerprint density at radius 2 is 1.64 bits per heavy atom. The molecular weight excluding hydrogens is 637 g/mol. The summed E-state index contributed by atoms with van der Waals surface area (Å²) in [6.07, 6.45) is 0.693. The molecule has 3 atom stereocenters. The van der Waals surface area contributed by atoms with Crippen LogP contribution in [0.3, 0.4) is 0 Å². The van der Waals surface area contributed by atoms with E-state index in [1.54, 1.807) is 20.8 Å². The average molecular weight is 673 g/mol. The number of hydrogen-bond donors (Lipinski definition) is 3. The van der Waals surface area contributed by atoms with Gasteiger partial charge in [-0.3, -0.25) is 9.59 Å². The molecule has 3 N–H and O–H groups in total. The van der Waals surface area contributed by atoms with E-state index in [-0.39, 0.29) is 52.6 Å². The molecule has 2 aliphatic carbocycles. The molecule has 2 amide bonds. The second-order valence-corrected chi connectivity index (χ2v) is 15.4. The van der Waals surface area contributed by atoms with Crippen molar-refractivity contribution in [1.29, 1.82) is 0 Å². The van der Waals surface area contributed by atoms with Crippen LogP contribution in [0.15, 0.2) is 35.2 Å². The Morgan fingerprint density at radius 1 is 1.07 bits per heavy atom. The van der Waals surface area contributed by atoms with Gasteiger partial charge in [-0.05, 0) is 89.8 Å². The molecule has 0 radical (unpaired) electrons. The van der Waals surface area contributed by atoms with E-state index in [1.807, 2.05) is 0 Å². The van der Waals surface area contributed by atoms with Crippen molar-refractivity contribution >= 4 is 44.9 Å². The first-order chi connectivity index (χ1) is 20.8. The monoisotopic (exact) mass is 672 g/mol. The van der Waals surface area contributed by atoms with E-state index in [1.165, 1.54) is 19.1 Å². The number of aliphatic hydroxyl groups is 1. The zero-order chi connectivity index (χ0) is 33.5. The van der Waals surface area contributed by atoms with Gasteiger partial charge in [-0.15, -0.1) is 0 Å². The van der Waals surface area contributed by atoms with Gasteiger partial charge in [0.1, 0.15) is 5.60 Å². The molecule has 2 aromatic carbocycles. The quantitative estimate of drug-likeness (QED) is 0.279. The van der Waals surface area contributed by atoms with Crippen LogP contribution in [0.2, 0.25) is 5.02 Å². The fraction of sp³-hybridized carbons (Fsp3) is 0.516. The highest BCUT2D eigenvalue weighted by molar-refractivity contribution is 7.92. The van der Waals surface area contributed by atoms with Crippen LogP contribution in [0.25, 0.3) is 0 Å². The number of halogens is 4. The summed E-state index contributed by atoms with van der Waals surface area (Å²) in [5.74, 6) is -6.72. The fourth-order valence-electron chi connectivity index (χ4n) is 6.25. The van der Waals surface area contributed by atoms with E-state index in [2.05, 4.69) is 10.6 Å². The van der Waals surface area contributed by atoms with Crippen LogP contribution in [-0.2, 0) is 19.4 Å². The summed E-state index contributed by atoms with van der Waals surface area (Å²) < 4.78 is 73.3. The number of alkyl carbamates (subject to hydrolysis) is 1. The lowest BCUT2D eigenvalue weighted by Gasteiger charge is -2.42. The molecule has 0 heterocycles. The number of ether oxygens (including phenoxy) is 1. The summed E-state index contributed by atoms with van der Waals surface area (Å²) in [4.78, 5) is 37.3. The molecule has 2 bridgehead atoms. The maximum Gasteiger partial charge on any atom is 0.408 e. The number of fused-ring (bicyclic) bond motifs is 2. The normalized spacial score (nSPS) is 23.7. The summed E-state index contributed by atoms with van der Waals surface area (Å²) in [7, 11) is -4.11. The predicted octanol–water partition coefficient (Wildman–Crippen LogP) is 5.97. The number of carbonyl (C=O) groups excluding carboxylic acids is 3. The molecule has 45 heavy (non-hydrogen) atoms. The molecule has 2 aromatic rings. The highest BCUT2D eigenvalue weighted by atomic mass is 35.5. The first kappa shape index (κ1) is 34.7. The summed E-state index contributed by atoms with van der Waals surface area (Å²) in [5, 5.41) is 15.3. The molecule has 2 saturated carbocycles. The van der Waals surface area contributed by atoms with Gasteiger partial charge in [-0.1, -0.05) is 11.6 Å². The Morgan fingerprint density at radius 3 is 2.20 bits per heavy atom. The van der Waals surface area contributed by atoms with Crippen LogP contribution in [-0.4, -0.2) is 53.8 Å². The second kappa shape index (κ2) is 12.9. The Kier molecular flexibility index (Phi) is 9.96. The van der Waals surface area contributed by atoms with Crippen LogP contribution in [0, 0.1) is 29.3 Å². The van der Waals surface area contributed by atoms with Crippen LogP contribution in [0.1, 0.15) is 76.6 Å². The highest BCUT2D eigenvalue weighted by Crippen LogP contribution is 2.54. The van der Waals surface area contributed by atoms with Crippen molar-refractivity contribution in [2.75, 3.05) is 5.32 Å². The number of carbonyl (C=O) groups is 3. The molecule has 0 aliphatic heterocycles. The van der Waals surface area contributed by atoms with Crippen molar-refractivity contribution in [1.82, 2.24) is 5.32 Å². The Bertz CT molecular complexity index is 1580. The molecule has 14 heteroatoms. The molecule has 0 spiro atoms. The molecule has 0 aromatic heterocycles. The summed E-state index contributed by atoms with van der Waals surface area (Å²) in [6, 6.07) is 3.88. The number of amides is 2. The van der Waals surface area contributed by atoms with E-state index in [4.69, 9.17) is 16.3 Å². The van der Waals surface area contributed by atoms with Gasteiger partial charge in [-0.2, -0.15) is 0 Å². The second-order valence-electron chi connectivity index (χ2n) is 12.8. The third-order valence-electron chi connectivity index (χ3n) is 8.54. The minimum Gasteiger partial charge on any atom is -0.444 e. The number of benzene rings is 2. The third-order valence-corrected chi connectivity index (χ3v) is 11.2. The fourth-order valence-corrected chi connectivity index (χ4v) is 8.65. The molecule has 9 nitrogen and oxygen atoms in total. The zero-order valence-electron chi connectivity index (χ0n) is 25.3. The van der Waals surface area contributed by atoms with Crippen molar-refractivity contribution in [3.63, 3.8) is 0 Å². The number of hydrogen-bond acceptors (Lipinski definition) is 7. The van der Waals surface area contributed by atoms with Crippen molar-refractivity contribution in [3.05, 3.63) is 58.4 Å². The maximum atomic E-state index is 13.8. The topological polar surface area (TPSA) is 139 Å². The average Bonchev–Trinajstić information content (AvgIpc) is 3.08. The highest BCUT2D eigenvalue weighted by Gasteiger charge is 2.55. The van der Waals surface area contributed by atoms with Crippen LogP contribution < -0.4 is 10.6 Å². The van der Waals surface area contributed by atoms with Crippen molar-refractivity contribution in [2.45, 2.75) is 93.6 Å². The molecule has 2 unspecified atom stereocenters. The van der Waals surface area contributed by atoms with E-state index in [0.717, 1.165) is 6.07 Å². The van der Waals surface area contributed by atoms with E-state index < -0.39 is 73.6 Å². The van der Waals surface area contributed by atoms with E-state index in [0.29, 0.717) is 25.0 Å². The Balaban J connectivity index is 1.44. The van der Waals surface area contributed by atoms with Crippen LogP contribution in [0.4, 0.5) is 23.7 Å². The Labute approximate surface area is 264 Å². The van der Waals surface area contributed by atoms with Gasteiger partial charge in [0, 0.05) is 29.8 Å². The van der Waals surface area contributed by atoms with Crippen molar-refractivity contribution in [3.8, 4) is 0 Å². The standard InChI is InChI=1S/C31H36ClF3N2O7S/c1-16(36-29(40)44-30(2,3)4)25(38)9-10-31(41)18-6-7-19(31)13-21(12-18)45(42,43)26-11-17(5-8-22(26)32)28(39)37-20-14-23(33)27(35)24(34)15-20/h5,8,11,14-16,18-19,21,41H,6-7,9-10,12-13H2,1-4H3,(H,36,40)(H,37,39)/t16-,18?,19?,21?,31?/m0/s1. The third kappa shape index (κ3) is 7.63. The number of rotatable bonds is 9. The van der Waals surface area contributed by atoms with E-state index >= 15 is 0 Å². The number of nitrogens with one attached hydrogen (secondary N) is 2. The van der Waals surface area contributed by atoms with Gasteiger partial charge in [-0.25, -0.2) is 26.4 Å². The van der Waals surface area contributed by atoms with Gasteiger partial charge in [0.05, 0.1) is 26.8 Å². The molecule has 4 rings (SSSR count). The number of anilines is 1. The number of ketones is 1. The number of Topliss-reactive ketones (excluding diaryl/α,β-unsaturated/α-hetero) is 1. The maximum absolute atomic E-state index is 13.8. The number of sulfone groups is 1. The van der Waals surface area contributed by atoms with Crippen LogP contribution in [0.5, 0.6) is 0 Å². The molecule has 2 fully saturated rings. The minimum atomic E-state index is -4.11. The first-order valence-corrected chi connectivity index (χ1v) is 16.5. The molecule has 0 saturated heterocycles. The summed E-state index contributed by atoms with van der Waals surface area (Å²) >= 11 is 6.28. The van der Waals surface area contributed by atoms with Gasteiger partial charge in [0.15, 0.2) is 33.1 Å². The SMILES string of the molecule is C[C@H](NC(=O)OC(C)(C)C)C(=O)CCC1(O)C2CCC1CC(S(=O)(=O)c1cc(C(=O)Nc3cc(F)c(F)c(F)c3)ccc1Cl)C2. The van der Waals surface area contributed by atoms with Gasteiger partial charge >= 0.3 is 6.09 Å². The smallest absolute Gasteiger partial charge is 0.408 e. The van der Waals surface area contributed by atoms with Crippen molar-refractivity contribution < 1.29 is 45.8 Å². The lowest BCUT2D eigenvalue weighted by molar-refractivity contribution is -0.124. The summed E-state index contributed by atoms with van der Waals surface area (Å²) in [6.45, 7) is 6.63. The van der Waals surface area contributed by atoms with Gasteiger partial charge in [0.25, 0.3) is 5.91 Å².